The predicted octanol–water partition coefficient (Wildman–Crippen LogP) is 4.00. The first-order valence-electron chi connectivity index (χ1n) is 7.77. The number of nitrogens with one attached hydrogen (secondary N) is 1. The quantitative estimate of drug-likeness (QED) is 0.799. The van der Waals surface area contributed by atoms with Gasteiger partial charge in [0.1, 0.15) is 11.5 Å². The summed E-state index contributed by atoms with van der Waals surface area (Å²) in [6, 6.07) is 7.67. The van der Waals surface area contributed by atoms with E-state index in [1.807, 2.05) is 0 Å². The SMILES string of the molecule is CC(C)NCc1ccc(CN(Cc2ccsc2)C2CC2)o1. The van der Waals surface area contributed by atoms with Crippen molar-refractivity contribution in [3.8, 4) is 0 Å². The lowest BCUT2D eigenvalue weighted by molar-refractivity contribution is 0.223. The van der Waals surface area contributed by atoms with Crippen LogP contribution in [0, 0.1) is 0 Å². The van der Waals surface area contributed by atoms with Gasteiger partial charge in [-0.3, -0.25) is 4.90 Å². The molecule has 0 aliphatic heterocycles. The van der Waals surface area contributed by atoms with Crippen molar-refractivity contribution in [2.45, 2.75) is 58.4 Å². The molecule has 4 heteroatoms. The smallest absolute Gasteiger partial charge is 0.118 e. The van der Waals surface area contributed by atoms with Crippen LogP contribution in [-0.2, 0) is 19.6 Å². The van der Waals surface area contributed by atoms with Crippen molar-refractivity contribution in [3.05, 3.63) is 46.0 Å². The Kier molecular flexibility index (Phi) is 4.78. The molecule has 0 bridgehead atoms. The van der Waals surface area contributed by atoms with Crippen LogP contribution in [0.4, 0.5) is 0 Å². The minimum absolute atomic E-state index is 0.486. The number of hydrogen-bond acceptors (Lipinski definition) is 4. The average Bonchev–Trinajstić information content (AvgIpc) is 2.99. The van der Waals surface area contributed by atoms with E-state index < -0.39 is 0 Å². The van der Waals surface area contributed by atoms with Crippen molar-refractivity contribution in [1.82, 2.24) is 10.2 Å². The molecule has 2 heterocycles. The number of thiophene rings is 1. The second-order valence-corrected chi connectivity index (χ2v) is 6.95. The van der Waals surface area contributed by atoms with Crippen LogP contribution in [0.2, 0.25) is 0 Å². The molecule has 114 valence electrons. The summed E-state index contributed by atoms with van der Waals surface area (Å²) in [6.45, 7) is 7.07. The van der Waals surface area contributed by atoms with Gasteiger partial charge < -0.3 is 9.73 Å². The van der Waals surface area contributed by atoms with E-state index in [1.54, 1.807) is 11.3 Å². The van der Waals surface area contributed by atoms with E-state index in [4.69, 9.17) is 4.42 Å². The fraction of sp³-hybridized carbons (Fsp3) is 0.529. The highest BCUT2D eigenvalue weighted by Gasteiger charge is 2.29. The van der Waals surface area contributed by atoms with Gasteiger partial charge in [0.15, 0.2) is 0 Å². The Morgan fingerprint density at radius 2 is 2.05 bits per heavy atom. The van der Waals surface area contributed by atoms with Gasteiger partial charge in [0.25, 0.3) is 0 Å². The first-order valence-corrected chi connectivity index (χ1v) is 8.71. The molecule has 0 aromatic carbocycles. The fourth-order valence-corrected chi connectivity index (χ4v) is 3.14. The van der Waals surface area contributed by atoms with Gasteiger partial charge in [-0.2, -0.15) is 11.3 Å². The number of rotatable bonds is 8. The standard InChI is InChI=1S/C17H24N2OS/c1-13(2)18-9-16-5-6-17(20-16)11-19(15-3-4-15)10-14-7-8-21-12-14/h5-8,12-13,15,18H,3-4,9-11H2,1-2H3. The van der Waals surface area contributed by atoms with Gasteiger partial charge in [-0.15, -0.1) is 0 Å². The third kappa shape index (κ3) is 4.43. The second kappa shape index (κ2) is 6.77. The largest absolute Gasteiger partial charge is 0.463 e. The Labute approximate surface area is 131 Å². The van der Waals surface area contributed by atoms with E-state index in [0.29, 0.717) is 6.04 Å². The van der Waals surface area contributed by atoms with Gasteiger partial charge in [0.05, 0.1) is 13.1 Å². The van der Waals surface area contributed by atoms with Crippen molar-refractivity contribution in [1.29, 1.82) is 0 Å². The molecule has 2 aromatic rings. The zero-order valence-corrected chi connectivity index (χ0v) is 13.7. The van der Waals surface area contributed by atoms with Crippen molar-refractivity contribution in [2.75, 3.05) is 0 Å². The van der Waals surface area contributed by atoms with Gasteiger partial charge in [-0.25, -0.2) is 0 Å². The Morgan fingerprint density at radius 1 is 1.24 bits per heavy atom. The maximum atomic E-state index is 5.96. The number of nitrogens with zero attached hydrogens (tertiary/aromatic N) is 1. The van der Waals surface area contributed by atoms with Gasteiger partial charge >= 0.3 is 0 Å². The van der Waals surface area contributed by atoms with E-state index in [-0.39, 0.29) is 0 Å². The summed E-state index contributed by atoms with van der Waals surface area (Å²) >= 11 is 1.77. The van der Waals surface area contributed by atoms with Crippen LogP contribution in [0.25, 0.3) is 0 Å². The molecule has 1 saturated carbocycles. The molecular weight excluding hydrogens is 280 g/mol. The topological polar surface area (TPSA) is 28.4 Å². The van der Waals surface area contributed by atoms with E-state index in [9.17, 15) is 0 Å². The summed E-state index contributed by atoms with van der Waals surface area (Å²) in [6.07, 6.45) is 2.65. The summed E-state index contributed by atoms with van der Waals surface area (Å²) in [5.74, 6) is 2.11. The molecule has 0 radical (unpaired) electrons. The maximum Gasteiger partial charge on any atom is 0.118 e. The molecule has 0 spiro atoms. The molecule has 2 aromatic heterocycles. The van der Waals surface area contributed by atoms with Crippen molar-refractivity contribution in [3.63, 3.8) is 0 Å². The van der Waals surface area contributed by atoms with Crippen molar-refractivity contribution < 1.29 is 4.42 Å². The average molecular weight is 304 g/mol. The predicted molar refractivity (Wildman–Crippen MR) is 87.3 cm³/mol. The fourth-order valence-electron chi connectivity index (χ4n) is 2.48. The molecule has 3 nitrogen and oxygen atoms in total. The first kappa shape index (κ1) is 14.8. The van der Waals surface area contributed by atoms with Crippen molar-refractivity contribution in [2.24, 2.45) is 0 Å². The third-order valence-corrected chi connectivity index (χ3v) is 4.52. The van der Waals surface area contributed by atoms with Gasteiger partial charge in [-0.1, -0.05) is 13.8 Å². The molecule has 0 amide bonds. The van der Waals surface area contributed by atoms with E-state index in [2.05, 4.69) is 53.0 Å². The summed E-state index contributed by atoms with van der Waals surface area (Å²) in [4.78, 5) is 2.54. The molecule has 1 aliphatic rings. The summed E-state index contributed by atoms with van der Waals surface area (Å²) in [7, 11) is 0. The molecule has 21 heavy (non-hydrogen) atoms. The van der Waals surface area contributed by atoms with Gasteiger partial charge in [-0.05, 0) is 47.4 Å². The highest BCUT2D eigenvalue weighted by Crippen LogP contribution is 2.30. The minimum atomic E-state index is 0.486. The lowest BCUT2D eigenvalue weighted by Crippen LogP contribution is -2.24. The van der Waals surface area contributed by atoms with Crippen LogP contribution in [0.5, 0.6) is 0 Å². The normalized spacial score (nSPS) is 15.2. The van der Waals surface area contributed by atoms with Crippen LogP contribution in [-0.4, -0.2) is 17.0 Å². The molecular formula is C17H24N2OS. The lowest BCUT2D eigenvalue weighted by Gasteiger charge is -2.20. The Bertz CT molecular complexity index is 543. The minimum Gasteiger partial charge on any atom is -0.463 e. The van der Waals surface area contributed by atoms with E-state index in [0.717, 1.165) is 37.2 Å². The third-order valence-electron chi connectivity index (χ3n) is 3.79. The van der Waals surface area contributed by atoms with Crippen molar-refractivity contribution >= 4 is 11.3 Å². The van der Waals surface area contributed by atoms with Crippen LogP contribution in [0.3, 0.4) is 0 Å². The summed E-state index contributed by atoms with van der Waals surface area (Å²) in [5, 5.41) is 7.80. The molecule has 0 unspecified atom stereocenters. The number of furan rings is 1. The van der Waals surface area contributed by atoms with Crippen LogP contribution in [0.15, 0.2) is 33.4 Å². The van der Waals surface area contributed by atoms with Gasteiger partial charge in [0, 0.05) is 18.6 Å². The van der Waals surface area contributed by atoms with E-state index >= 15 is 0 Å². The Balaban J connectivity index is 1.58. The summed E-state index contributed by atoms with van der Waals surface area (Å²) in [5.41, 5.74) is 1.42. The lowest BCUT2D eigenvalue weighted by atomic mass is 10.3. The molecule has 0 atom stereocenters. The van der Waals surface area contributed by atoms with Crippen LogP contribution >= 0.6 is 11.3 Å². The maximum absolute atomic E-state index is 5.96. The van der Waals surface area contributed by atoms with Crippen LogP contribution in [0.1, 0.15) is 43.8 Å². The summed E-state index contributed by atoms with van der Waals surface area (Å²) < 4.78 is 5.96. The number of hydrogen-bond donors (Lipinski definition) is 1. The zero-order valence-electron chi connectivity index (χ0n) is 12.8. The van der Waals surface area contributed by atoms with Crippen LogP contribution < -0.4 is 5.32 Å². The molecule has 1 aliphatic carbocycles. The molecule has 1 fully saturated rings. The highest BCUT2D eigenvalue weighted by molar-refractivity contribution is 7.07. The molecule has 0 saturated heterocycles. The molecule has 3 rings (SSSR count). The zero-order chi connectivity index (χ0) is 14.7. The highest BCUT2D eigenvalue weighted by atomic mass is 32.1. The molecule has 1 N–H and O–H groups in total. The second-order valence-electron chi connectivity index (χ2n) is 6.17. The van der Waals surface area contributed by atoms with E-state index in [1.165, 1.54) is 18.4 Å². The Morgan fingerprint density at radius 3 is 2.71 bits per heavy atom. The monoisotopic (exact) mass is 304 g/mol. The van der Waals surface area contributed by atoms with Gasteiger partial charge in [0.2, 0.25) is 0 Å². The Hall–Kier alpha value is -1.10. The first-order chi connectivity index (χ1) is 10.2.